The number of dihydropyridines is 1. The highest BCUT2D eigenvalue weighted by molar-refractivity contribution is 5.74. The summed E-state index contributed by atoms with van der Waals surface area (Å²) in [5.41, 5.74) is 3.98. The largest absolute Gasteiger partial charge is 0.384 e. The Morgan fingerprint density at radius 3 is 2.50 bits per heavy atom. The van der Waals surface area contributed by atoms with Gasteiger partial charge in [0, 0.05) is 12.2 Å². The fraction of sp³-hybridized carbons (Fsp3) is 0.333. The molecule has 1 aromatic rings. The van der Waals surface area contributed by atoms with Crippen molar-refractivity contribution >= 4 is 5.57 Å². The van der Waals surface area contributed by atoms with Gasteiger partial charge in [-0.25, -0.2) is 0 Å². The normalized spacial score (nSPS) is 19.1. The molecule has 16 heavy (non-hydrogen) atoms. The molecule has 2 rings (SSSR count). The van der Waals surface area contributed by atoms with Crippen molar-refractivity contribution in [2.45, 2.75) is 32.7 Å². The highest BCUT2D eigenvalue weighted by atomic mass is 14.9. The molecule has 0 amide bonds. The summed E-state index contributed by atoms with van der Waals surface area (Å²) in [6, 6.07) is 9.32. The third-order valence-electron chi connectivity index (χ3n) is 2.89. The molecular weight excluding hydrogens is 194 g/mol. The Hall–Kier alpha value is -1.50. The van der Waals surface area contributed by atoms with Gasteiger partial charge in [-0.15, -0.1) is 0 Å². The first kappa shape index (κ1) is 11.0. The molecule has 1 heteroatoms. The molecule has 0 bridgehead atoms. The second-order valence-electron chi connectivity index (χ2n) is 4.36. The highest BCUT2D eigenvalue weighted by Gasteiger charge is 2.04. The SMILES string of the molecule is CCCc1ccc(C2=CNC(C)C=C2)cc1. The molecule has 0 saturated carbocycles. The molecule has 0 aliphatic carbocycles. The van der Waals surface area contributed by atoms with Gasteiger partial charge in [0.1, 0.15) is 0 Å². The summed E-state index contributed by atoms with van der Waals surface area (Å²) in [5.74, 6) is 0. The van der Waals surface area contributed by atoms with Gasteiger partial charge in [0.2, 0.25) is 0 Å². The first-order valence-electron chi connectivity index (χ1n) is 6.03. The van der Waals surface area contributed by atoms with Crippen molar-refractivity contribution in [1.29, 1.82) is 0 Å². The number of hydrogen-bond donors (Lipinski definition) is 1. The number of hydrogen-bond acceptors (Lipinski definition) is 1. The van der Waals surface area contributed by atoms with Crippen molar-refractivity contribution in [3.63, 3.8) is 0 Å². The lowest BCUT2D eigenvalue weighted by Crippen LogP contribution is -2.20. The van der Waals surface area contributed by atoms with Crippen LogP contribution in [0.5, 0.6) is 0 Å². The molecule has 1 heterocycles. The molecule has 1 aliphatic rings. The molecule has 1 aliphatic heterocycles. The van der Waals surface area contributed by atoms with Gasteiger partial charge < -0.3 is 5.32 Å². The quantitative estimate of drug-likeness (QED) is 0.810. The number of allylic oxidation sites excluding steroid dienone is 2. The third-order valence-corrected chi connectivity index (χ3v) is 2.89. The van der Waals surface area contributed by atoms with Crippen LogP contribution in [0.4, 0.5) is 0 Å². The van der Waals surface area contributed by atoms with E-state index in [1.165, 1.54) is 29.5 Å². The molecule has 0 radical (unpaired) electrons. The molecule has 84 valence electrons. The van der Waals surface area contributed by atoms with E-state index < -0.39 is 0 Å². The molecule has 1 N–H and O–H groups in total. The van der Waals surface area contributed by atoms with Gasteiger partial charge in [-0.2, -0.15) is 0 Å². The van der Waals surface area contributed by atoms with Gasteiger partial charge >= 0.3 is 0 Å². The lowest BCUT2D eigenvalue weighted by atomic mass is 10.0. The maximum absolute atomic E-state index is 3.32. The minimum absolute atomic E-state index is 0.447. The van der Waals surface area contributed by atoms with Crippen LogP contribution in [0.3, 0.4) is 0 Å². The molecule has 1 unspecified atom stereocenters. The molecular formula is C15H19N. The standard InChI is InChI=1S/C15H19N/c1-3-4-13-6-9-14(10-7-13)15-8-5-12(2)16-11-15/h5-12,16H,3-4H2,1-2H3. The van der Waals surface area contributed by atoms with E-state index in [1.807, 2.05) is 0 Å². The van der Waals surface area contributed by atoms with E-state index in [1.54, 1.807) is 0 Å². The maximum Gasteiger partial charge on any atom is 0.0414 e. The van der Waals surface area contributed by atoms with E-state index >= 15 is 0 Å². The van der Waals surface area contributed by atoms with E-state index in [9.17, 15) is 0 Å². The number of rotatable bonds is 3. The monoisotopic (exact) mass is 213 g/mol. The molecule has 1 nitrogen and oxygen atoms in total. The van der Waals surface area contributed by atoms with Gasteiger partial charge in [-0.3, -0.25) is 0 Å². The summed E-state index contributed by atoms with van der Waals surface area (Å²) >= 11 is 0. The van der Waals surface area contributed by atoms with E-state index in [4.69, 9.17) is 0 Å². The van der Waals surface area contributed by atoms with Crippen LogP contribution in [-0.2, 0) is 6.42 Å². The molecule has 1 aromatic carbocycles. The van der Waals surface area contributed by atoms with Crippen LogP contribution < -0.4 is 5.32 Å². The van der Waals surface area contributed by atoms with Crippen LogP contribution in [0.1, 0.15) is 31.4 Å². The molecule has 0 spiro atoms. The van der Waals surface area contributed by atoms with Crippen LogP contribution in [0.2, 0.25) is 0 Å². The average Bonchev–Trinajstić information content (AvgIpc) is 2.32. The Morgan fingerprint density at radius 2 is 1.94 bits per heavy atom. The van der Waals surface area contributed by atoms with E-state index in [0.717, 1.165) is 0 Å². The lowest BCUT2D eigenvalue weighted by molar-refractivity contribution is 0.764. The lowest BCUT2D eigenvalue weighted by Gasteiger charge is -2.14. The van der Waals surface area contributed by atoms with Crippen molar-refractivity contribution < 1.29 is 0 Å². The fourth-order valence-corrected chi connectivity index (χ4v) is 1.90. The van der Waals surface area contributed by atoms with Crippen LogP contribution in [-0.4, -0.2) is 6.04 Å². The van der Waals surface area contributed by atoms with Crippen LogP contribution in [0.25, 0.3) is 5.57 Å². The molecule has 0 aromatic heterocycles. The van der Waals surface area contributed by atoms with Crippen LogP contribution >= 0.6 is 0 Å². The van der Waals surface area contributed by atoms with Crippen molar-refractivity contribution in [3.8, 4) is 0 Å². The fourth-order valence-electron chi connectivity index (χ4n) is 1.90. The second kappa shape index (κ2) is 5.02. The zero-order chi connectivity index (χ0) is 11.4. The number of aryl methyl sites for hydroxylation is 1. The Balaban J connectivity index is 2.13. The van der Waals surface area contributed by atoms with Crippen LogP contribution in [0, 0.1) is 0 Å². The van der Waals surface area contributed by atoms with Gasteiger partial charge in [0.05, 0.1) is 0 Å². The van der Waals surface area contributed by atoms with Crippen molar-refractivity contribution in [2.75, 3.05) is 0 Å². The Bertz CT molecular complexity index is 398. The third kappa shape index (κ3) is 2.54. The van der Waals surface area contributed by atoms with Crippen LogP contribution in [0.15, 0.2) is 42.6 Å². The predicted molar refractivity (Wildman–Crippen MR) is 70.2 cm³/mol. The summed E-state index contributed by atoms with van der Waals surface area (Å²) in [6.45, 7) is 4.36. The van der Waals surface area contributed by atoms with Gasteiger partial charge in [-0.1, -0.05) is 49.8 Å². The van der Waals surface area contributed by atoms with Gasteiger partial charge in [0.15, 0.2) is 0 Å². The van der Waals surface area contributed by atoms with Crippen molar-refractivity contribution in [1.82, 2.24) is 5.32 Å². The number of nitrogens with one attached hydrogen (secondary N) is 1. The molecule has 0 saturated heterocycles. The smallest absolute Gasteiger partial charge is 0.0414 e. The summed E-state index contributed by atoms with van der Waals surface area (Å²) in [7, 11) is 0. The Morgan fingerprint density at radius 1 is 1.19 bits per heavy atom. The Labute approximate surface area is 97.9 Å². The first-order chi connectivity index (χ1) is 7.79. The first-order valence-corrected chi connectivity index (χ1v) is 6.03. The minimum Gasteiger partial charge on any atom is -0.384 e. The summed E-state index contributed by atoms with van der Waals surface area (Å²) < 4.78 is 0. The highest BCUT2D eigenvalue weighted by Crippen LogP contribution is 2.19. The van der Waals surface area contributed by atoms with Gasteiger partial charge in [-0.05, 0) is 30.0 Å². The summed E-state index contributed by atoms with van der Waals surface area (Å²) in [5, 5.41) is 3.32. The Kier molecular flexibility index (Phi) is 3.45. The predicted octanol–water partition coefficient (Wildman–Crippen LogP) is 3.53. The van der Waals surface area contributed by atoms with E-state index in [2.05, 4.69) is 61.8 Å². The summed E-state index contributed by atoms with van der Waals surface area (Å²) in [6.07, 6.45) is 8.86. The minimum atomic E-state index is 0.447. The topological polar surface area (TPSA) is 12.0 Å². The molecule has 0 fully saturated rings. The van der Waals surface area contributed by atoms with Gasteiger partial charge in [0.25, 0.3) is 0 Å². The van der Waals surface area contributed by atoms with E-state index in [-0.39, 0.29) is 0 Å². The van der Waals surface area contributed by atoms with Crippen molar-refractivity contribution in [3.05, 3.63) is 53.7 Å². The zero-order valence-corrected chi connectivity index (χ0v) is 10.0. The zero-order valence-electron chi connectivity index (χ0n) is 10.0. The average molecular weight is 213 g/mol. The van der Waals surface area contributed by atoms with E-state index in [0.29, 0.717) is 6.04 Å². The van der Waals surface area contributed by atoms with Crippen molar-refractivity contribution in [2.24, 2.45) is 0 Å². The number of benzene rings is 1. The maximum atomic E-state index is 3.32. The molecule has 1 atom stereocenters. The second-order valence-corrected chi connectivity index (χ2v) is 4.36. The summed E-state index contributed by atoms with van der Waals surface area (Å²) in [4.78, 5) is 0.